The Labute approximate surface area is 188 Å². The number of carbonyl (C=O) groups excluding carboxylic acids is 1. The van der Waals surface area contributed by atoms with E-state index in [1.165, 1.54) is 48.1 Å². The second-order valence-corrected chi connectivity index (χ2v) is 9.25. The molecule has 0 radical (unpaired) electrons. The van der Waals surface area contributed by atoms with Crippen molar-refractivity contribution in [3.63, 3.8) is 0 Å². The number of ether oxygens (including phenoxy) is 2. The average Bonchev–Trinajstić information content (AvgIpc) is 3.58. The van der Waals surface area contributed by atoms with Crippen LogP contribution in [0.15, 0.2) is 36.4 Å². The van der Waals surface area contributed by atoms with Crippen LogP contribution >= 0.6 is 11.6 Å². The van der Waals surface area contributed by atoms with Crippen LogP contribution in [0.25, 0.3) is 16.8 Å². The predicted molar refractivity (Wildman–Crippen MR) is 123 cm³/mol. The number of hydrogen-bond donors (Lipinski definition) is 1. The van der Waals surface area contributed by atoms with Gasteiger partial charge in [0.05, 0.1) is 0 Å². The summed E-state index contributed by atoms with van der Waals surface area (Å²) in [5.74, 6) is 1.06. The SMILES string of the molecule is COC(OC)C(=O)NC1CCN(C(Cl)c2c3c(cc4ccccc24)C=CC2CC32)CC1. The fourth-order valence-corrected chi connectivity index (χ4v) is 5.67. The van der Waals surface area contributed by atoms with E-state index in [0.717, 1.165) is 25.9 Å². The molecule has 2 aromatic rings. The number of alkyl halides is 1. The summed E-state index contributed by atoms with van der Waals surface area (Å²) in [7, 11) is 2.94. The van der Waals surface area contributed by atoms with Crippen molar-refractivity contribution in [1.29, 1.82) is 0 Å². The van der Waals surface area contributed by atoms with Gasteiger partial charge in [-0.05, 0) is 64.6 Å². The number of methoxy groups -OCH3 is 2. The topological polar surface area (TPSA) is 50.8 Å². The highest BCUT2D eigenvalue weighted by Crippen LogP contribution is 2.56. The molecule has 1 aliphatic heterocycles. The third kappa shape index (κ3) is 3.89. The van der Waals surface area contributed by atoms with Crippen LogP contribution in [0.1, 0.15) is 47.4 Å². The Balaban J connectivity index is 1.36. The van der Waals surface area contributed by atoms with Crippen molar-refractivity contribution >= 4 is 34.4 Å². The lowest BCUT2D eigenvalue weighted by Gasteiger charge is -2.37. The average molecular weight is 441 g/mol. The summed E-state index contributed by atoms with van der Waals surface area (Å²) in [4.78, 5) is 14.6. The van der Waals surface area contributed by atoms with E-state index < -0.39 is 6.29 Å². The maximum absolute atomic E-state index is 12.3. The molecule has 164 valence electrons. The molecule has 2 fully saturated rings. The molecule has 31 heavy (non-hydrogen) atoms. The standard InChI is InChI=1S/C25H29ClN2O3/c1-30-25(31-2)24(29)27-18-9-11-28(12-10-18)23(26)22-19-6-4-3-5-15(19)13-17-8-7-16-14-20(16)21(17)22/h3-8,13,16,18,20,23,25H,9-12,14H2,1-2H3,(H,27,29). The summed E-state index contributed by atoms with van der Waals surface area (Å²) in [5.41, 5.74) is 3.89. The Morgan fingerprint density at radius 2 is 1.94 bits per heavy atom. The third-order valence-electron chi connectivity index (χ3n) is 6.97. The van der Waals surface area contributed by atoms with Gasteiger partial charge >= 0.3 is 0 Å². The maximum atomic E-state index is 12.3. The van der Waals surface area contributed by atoms with E-state index in [0.29, 0.717) is 11.8 Å². The number of amides is 1. The number of nitrogens with zero attached hydrogens (tertiary/aromatic N) is 1. The second-order valence-electron chi connectivity index (χ2n) is 8.84. The summed E-state index contributed by atoms with van der Waals surface area (Å²) >= 11 is 7.21. The summed E-state index contributed by atoms with van der Waals surface area (Å²) in [6.45, 7) is 1.68. The molecule has 5 rings (SSSR count). The molecular formula is C25H29ClN2O3. The smallest absolute Gasteiger partial charge is 0.277 e. The molecule has 3 aliphatic rings. The first-order valence-corrected chi connectivity index (χ1v) is 11.5. The Hall–Kier alpha value is -1.92. The number of piperidine rings is 1. The molecule has 1 amide bonds. The molecule has 3 atom stereocenters. The van der Waals surface area contributed by atoms with Gasteiger partial charge in [-0.2, -0.15) is 0 Å². The highest BCUT2D eigenvalue weighted by molar-refractivity contribution is 6.22. The van der Waals surface area contributed by atoms with Gasteiger partial charge in [0.25, 0.3) is 5.91 Å². The fourth-order valence-electron chi connectivity index (χ4n) is 5.24. The molecule has 0 aromatic heterocycles. The van der Waals surface area contributed by atoms with Crippen molar-refractivity contribution in [2.24, 2.45) is 5.92 Å². The normalized spacial score (nSPS) is 24.1. The summed E-state index contributed by atoms with van der Waals surface area (Å²) in [6.07, 6.45) is 6.72. The van der Waals surface area contributed by atoms with E-state index in [9.17, 15) is 4.79 Å². The van der Waals surface area contributed by atoms with Crippen LogP contribution in [-0.4, -0.2) is 50.4 Å². The lowest BCUT2D eigenvalue weighted by atomic mass is 9.87. The zero-order valence-corrected chi connectivity index (χ0v) is 18.8. The van der Waals surface area contributed by atoms with Crippen molar-refractivity contribution in [2.75, 3.05) is 27.3 Å². The maximum Gasteiger partial charge on any atom is 0.277 e. The van der Waals surface area contributed by atoms with E-state index in [2.05, 4.69) is 52.7 Å². The van der Waals surface area contributed by atoms with Gasteiger partial charge in [-0.1, -0.05) is 36.4 Å². The molecule has 2 aromatic carbocycles. The lowest BCUT2D eigenvalue weighted by Crippen LogP contribution is -2.48. The molecule has 1 saturated carbocycles. The van der Waals surface area contributed by atoms with Gasteiger partial charge in [0.1, 0.15) is 5.50 Å². The number of carbonyl (C=O) groups is 1. The van der Waals surface area contributed by atoms with Gasteiger partial charge < -0.3 is 14.8 Å². The Bertz CT molecular complexity index is 1010. The quantitative estimate of drug-likeness (QED) is 0.410. The van der Waals surface area contributed by atoms with E-state index in [1.807, 2.05) is 0 Å². The minimum atomic E-state index is -0.861. The van der Waals surface area contributed by atoms with Crippen molar-refractivity contribution in [3.05, 3.63) is 53.1 Å². The fraction of sp³-hybridized carbons (Fsp3) is 0.480. The van der Waals surface area contributed by atoms with E-state index in [4.69, 9.17) is 21.1 Å². The molecule has 1 saturated heterocycles. The van der Waals surface area contributed by atoms with Gasteiger partial charge in [0, 0.05) is 33.4 Å². The van der Waals surface area contributed by atoms with Crippen LogP contribution in [0.2, 0.25) is 0 Å². The second kappa shape index (κ2) is 8.55. The molecular weight excluding hydrogens is 412 g/mol. The molecule has 2 aliphatic carbocycles. The predicted octanol–water partition coefficient (Wildman–Crippen LogP) is 4.41. The number of benzene rings is 2. The minimum Gasteiger partial charge on any atom is -0.349 e. The van der Waals surface area contributed by atoms with E-state index in [-0.39, 0.29) is 17.5 Å². The summed E-state index contributed by atoms with van der Waals surface area (Å²) in [6, 6.07) is 11.0. The van der Waals surface area contributed by atoms with Crippen LogP contribution in [-0.2, 0) is 14.3 Å². The highest BCUT2D eigenvalue weighted by Gasteiger charge is 2.43. The third-order valence-corrected chi connectivity index (χ3v) is 7.47. The highest BCUT2D eigenvalue weighted by atomic mass is 35.5. The molecule has 5 nitrogen and oxygen atoms in total. The largest absolute Gasteiger partial charge is 0.349 e. The van der Waals surface area contributed by atoms with E-state index in [1.54, 1.807) is 0 Å². The molecule has 0 bridgehead atoms. The number of nitrogens with one attached hydrogen (secondary N) is 1. The molecule has 3 unspecified atom stereocenters. The lowest BCUT2D eigenvalue weighted by molar-refractivity contribution is -0.160. The van der Waals surface area contributed by atoms with Crippen LogP contribution in [0.3, 0.4) is 0 Å². The summed E-state index contributed by atoms with van der Waals surface area (Å²) < 4.78 is 10.1. The number of halogens is 1. The van der Waals surface area contributed by atoms with Crippen molar-refractivity contribution in [1.82, 2.24) is 10.2 Å². The number of likely N-dealkylation sites (tertiary alicyclic amines) is 1. The zero-order chi connectivity index (χ0) is 21.5. The van der Waals surface area contributed by atoms with Gasteiger partial charge in [-0.15, -0.1) is 11.6 Å². The Kier molecular flexibility index (Phi) is 5.78. The molecule has 1 N–H and O–H groups in total. The van der Waals surface area contributed by atoms with Gasteiger partial charge in [-0.3, -0.25) is 9.69 Å². The molecule has 6 heteroatoms. The monoisotopic (exact) mass is 440 g/mol. The number of rotatable bonds is 6. The van der Waals surface area contributed by atoms with Gasteiger partial charge in [0.2, 0.25) is 6.29 Å². The number of fused-ring (bicyclic) bond motifs is 4. The summed E-state index contributed by atoms with van der Waals surface area (Å²) in [5, 5.41) is 5.56. The first kappa shape index (κ1) is 21.0. The van der Waals surface area contributed by atoms with Crippen LogP contribution < -0.4 is 5.32 Å². The zero-order valence-electron chi connectivity index (χ0n) is 18.0. The molecule has 1 heterocycles. The Morgan fingerprint density at radius 1 is 1.19 bits per heavy atom. The van der Waals surface area contributed by atoms with Crippen LogP contribution in [0.4, 0.5) is 0 Å². The van der Waals surface area contributed by atoms with E-state index >= 15 is 0 Å². The molecule has 0 spiro atoms. The van der Waals surface area contributed by atoms with Crippen molar-refractivity contribution < 1.29 is 14.3 Å². The number of hydrogen-bond acceptors (Lipinski definition) is 4. The van der Waals surface area contributed by atoms with Crippen LogP contribution in [0.5, 0.6) is 0 Å². The van der Waals surface area contributed by atoms with Crippen molar-refractivity contribution in [2.45, 2.75) is 43.0 Å². The minimum absolute atomic E-state index is 0.109. The Morgan fingerprint density at radius 3 is 2.68 bits per heavy atom. The van der Waals surface area contributed by atoms with Crippen LogP contribution in [0, 0.1) is 5.92 Å². The first-order valence-electron chi connectivity index (χ1n) is 11.1. The van der Waals surface area contributed by atoms with Gasteiger partial charge in [-0.25, -0.2) is 0 Å². The van der Waals surface area contributed by atoms with Gasteiger partial charge in [0.15, 0.2) is 0 Å². The van der Waals surface area contributed by atoms with Crippen molar-refractivity contribution in [3.8, 4) is 0 Å². The number of allylic oxidation sites excluding steroid dienone is 1. The first-order chi connectivity index (χ1) is 15.1.